The molecule has 0 bridgehead atoms. The van der Waals surface area contributed by atoms with E-state index in [0.717, 1.165) is 19.3 Å². The molecule has 0 aliphatic heterocycles. The highest BCUT2D eigenvalue weighted by molar-refractivity contribution is 5.61. The fraction of sp³-hybridized carbons (Fsp3) is 0.733. The van der Waals surface area contributed by atoms with E-state index < -0.39 is 11.2 Å². The molecule has 6 heteroatoms. The van der Waals surface area contributed by atoms with Crippen LogP contribution in [0.4, 0.5) is 11.5 Å². The Balaban J connectivity index is 2.34. The zero-order valence-corrected chi connectivity index (χ0v) is 13.1. The second kappa shape index (κ2) is 6.37. The van der Waals surface area contributed by atoms with Gasteiger partial charge in [-0.05, 0) is 24.7 Å². The number of H-pyrrole nitrogens is 1. The summed E-state index contributed by atoms with van der Waals surface area (Å²) in [5.41, 5.74) is 5.56. The second-order valence-corrected chi connectivity index (χ2v) is 6.54. The molecule has 0 saturated heterocycles. The van der Waals surface area contributed by atoms with Crippen LogP contribution in [0.5, 0.6) is 0 Å². The van der Waals surface area contributed by atoms with Crippen LogP contribution in [0.25, 0.3) is 0 Å². The fourth-order valence-corrected chi connectivity index (χ4v) is 2.99. The van der Waals surface area contributed by atoms with Crippen molar-refractivity contribution >= 4 is 11.5 Å². The summed E-state index contributed by atoms with van der Waals surface area (Å²) in [6.45, 7) is 6.70. The van der Waals surface area contributed by atoms with Gasteiger partial charge in [0.15, 0.2) is 0 Å². The monoisotopic (exact) mass is 294 g/mol. The highest BCUT2D eigenvalue weighted by Crippen LogP contribution is 2.27. The number of aromatic amines is 1. The Labute approximate surface area is 124 Å². The molecule has 0 aromatic carbocycles. The Bertz CT molecular complexity index is 603. The lowest BCUT2D eigenvalue weighted by atomic mass is 9.86. The normalized spacial score (nSPS) is 22.5. The molecular weight excluding hydrogens is 268 g/mol. The van der Waals surface area contributed by atoms with Crippen LogP contribution in [0.2, 0.25) is 0 Å². The molecule has 1 aromatic heterocycles. The molecule has 2 unspecified atom stereocenters. The predicted octanol–water partition coefficient (Wildman–Crippen LogP) is 1.77. The van der Waals surface area contributed by atoms with Crippen molar-refractivity contribution < 1.29 is 0 Å². The van der Waals surface area contributed by atoms with Gasteiger partial charge >= 0.3 is 5.69 Å². The Kier molecular flexibility index (Phi) is 4.75. The van der Waals surface area contributed by atoms with Gasteiger partial charge in [-0.15, -0.1) is 0 Å². The highest BCUT2D eigenvalue weighted by atomic mass is 16.2. The van der Waals surface area contributed by atoms with Gasteiger partial charge in [-0.2, -0.15) is 0 Å². The number of nitrogens with two attached hydrogens (primary N) is 1. The summed E-state index contributed by atoms with van der Waals surface area (Å²) in [7, 11) is 0. The molecule has 0 radical (unpaired) electrons. The average Bonchev–Trinajstić information content (AvgIpc) is 2.41. The molecule has 6 nitrogen and oxygen atoms in total. The molecule has 21 heavy (non-hydrogen) atoms. The molecule has 0 amide bonds. The molecule has 0 spiro atoms. The molecule has 1 aromatic rings. The van der Waals surface area contributed by atoms with E-state index in [-0.39, 0.29) is 17.8 Å². The molecule has 2 rings (SSSR count). The lowest BCUT2D eigenvalue weighted by molar-refractivity contribution is 0.349. The van der Waals surface area contributed by atoms with E-state index in [4.69, 9.17) is 5.73 Å². The lowest BCUT2D eigenvalue weighted by Gasteiger charge is -2.30. The minimum atomic E-state index is -0.437. The fourth-order valence-electron chi connectivity index (χ4n) is 2.99. The quantitative estimate of drug-likeness (QED) is 0.789. The smallest absolute Gasteiger partial charge is 0.330 e. The van der Waals surface area contributed by atoms with Gasteiger partial charge in [-0.3, -0.25) is 14.3 Å². The van der Waals surface area contributed by atoms with Crippen molar-refractivity contribution in [2.45, 2.75) is 59.0 Å². The maximum Gasteiger partial charge on any atom is 0.330 e. The van der Waals surface area contributed by atoms with Gasteiger partial charge in [0.2, 0.25) is 0 Å². The third kappa shape index (κ3) is 3.49. The standard InChI is InChI=1S/C15H26N4O2/c1-9(2)8-19-13(16)12(14(20)18-15(19)21)17-11-7-5-4-6-10(11)3/h9-11,17H,4-8,16H2,1-3H3,(H,18,20,21). The van der Waals surface area contributed by atoms with E-state index in [1.54, 1.807) is 0 Å². The Morgan fingerprint density at radius 3 is 2.62 bits per heavy atom. The Hall–Kier alpha value is -1.72. The van der Waals surface area contributed by atoms with Crippen molar-refractivity contribution in [2.24, 2.45) is 11.8 Å². The second-order valence-electron chi connectivity index (χ2n) is 6.54. The van der Waals surface area contributed by atoms with E-state index in [2.05, 4.69) is 17.2 Å². The summed E-state index contributed by atoms with van der Waals surface area (Å²) in [5, 5.41) is 3.28. The van der Waals surface area contributed by atoms with Crippen LogP contribution in [0, 0.1) is 11.8 Å². The van der Waals surface area contributed by atoms with Crippen LogP contribution < -0.4 is 22.3 Å². The van der Waals surface area contributed by atoms with Gasteiger partial charge in [-0.1, -0.05) is 33.6 Å². The van der Waals surface area contributed by atoms with E-state index in [0.29, 0.717) is 18.2 Å². The van der Waals surface area contributed by atoms with Gasteiger partial charge in [-0.25, -0.2) is 4.79 Å². The number of hydrogen-bond donors (Lipinski definition) is 3. The summed E-state index contributed by atoms with van der Waals surface area (Å²) < 4.78 is 1.45. The van der Waals surface area contributed by atoms with Crippen LogP contribution in [-0.4, -0.2) is 15.6 Å². The molecule has 2 atom stereocenters. The number of rotatable bonds is 4. The minimum absolute atomic E-state index is 0.243. The largest absolute Gasteiger partial charge is 0.383 e. The Morgan fingerprint density at radius 2 is 2.00 bits per heavy atom. The van der Waals surface area contributed by atoms with Crippen LogP contribution in [0.1, 0.15) is 46.5 Å². The van der Waals surface area contributed by atoms with Gasteiger partial charge < -0.3 is 11.1 Å². The number of nitrogen functional groups attached to an aromatic ring is 1. The summed E-state index contributed by atoms with van der Waals surface area (Å²) in [4.78, 5) is 26.3. The predicted molar refractivity (Wildman–Crippen MR) is 85.6 cm³/mol. The first kappa shape index (κ1) is 15.7. The SMILES string of the molecule is CC(C)Cn1c(N)c(NC2CCCCC2C)c(=O)[nH]c1=O. The van der Waals surface area contributed by atoms with Crippen molar-refractivity contribution in [2.75, 3.05) is 11.1 Å². The van der Waals surface area contributed by atoms with E-state index in [9.17, 15) is 9.59 Å². The van der Waals surface area contributed by atoms with E-state index in [1.807, 2.05) is 13.8 Å². The first-order chi connectivity index (χ1) is 9.90. The van der Waals surface area contributed by atoms with Gasteiger partial charge in [0, 0.05) is 12.6 Å². The zero-order chi connectivity index (χ0) is 15.6. The van der Waals surface area contributed by atoms with E-state index >= 15 is 0 Å². The van der Waals surface area contributed by atoms with Crippen molar-refractivity contribution in [3.8, 4) is 0 Å². The maximum atomic E-state index is 12.1. The summed E-state index contributed by atoms with van der Waals surface area (Å²) >= 11 is 0. The van der Waals surface area contributed by atoms with Gasteiger partial charge in [0.25, 0.3) is 5.56 Å². The van der Waals surface area contributed by atoms with E-state index in [1.165, 1.54) is 11.0 Å². The van der Waals surface area contributed by atoms with Crippen molar-refractivity contribution in [1.82, 2.24) is 9.55 Å². The molecule has 1 heterocycles. The number of nitrogens with zero attached hydrogens (tertiary/aromatic N) is 1. The van der Waals surface area contributed by atoms with Crippen molar-refractivity contribution in [3.05, 3.63) is 20.8 Å². The number of aromatic nitrogens is 2. The third-order valence-electron chi connectivity index (χ3n) is 4.23. The van der Waals surface area contributed by atoms with Gasteiger partial charge in [0.05, 0.1) is 0 Å². The third-order valence-corrected chi connectivity index (χ3v) is 4.23. The van der Waals surface area contributed by atoms with Crippen LogP contribution in [0.15, 0.2) is 9.59 Å². The molecule has 4 N–H and O–H groups in total. The van der Waals surface area contributed by atoms with Gasteiger partial charge in [0.1, 0.15) is 11.5 Å². The topological polar surface area (TPSA) is 92.9 Å². The summed E-state index contributed by atoms with van der Waals surface area (Å²) in [6.07, 6.45) is 4.58. The highest BCUT2D eigenvalue weighted by Gasteiger charge is 2.23. The zero-order valence-electron chi connectivity index (χ0n) is 13.1. The summed E-state index contributed by atoms with van der Waals surface area (Å²) in [6, 6.07) is 0.243. The first-order valence-electron chi connectivity index (χ1n) is 7.79. The van der Waals surface area contributed by atoms with Crippen LogP contribution in [0.3, 0.4) is 0 Å². The maximum absolute atomic E-state index is 12.1. The number of hydrogen-bond acceptors (Lipinski definition) is 4. The molecule has 1 aliphatic rings. The molecule has 1 saturated carbocycles. The lowest BCUT2D eigenvalue weighted by Crippen LogP contribution is -2.38. The first-order valence-corrected chi connectivity index (χ1v) is 7.79. The molecular formula is C15H26N4O2. The molecule has 1 fully saturated rings. The minimum Gasteiger partial charge on any atom is -0.383 e. The van der Waals surface area contributed by atoms with Crippen molar-refractivity contribution in [3.63, 3.8) is 0 Å². The van der Waals surface area contributed by atoms with Crippen LogP contribution in [-0.2, 0) is 6.54 Å². The average molecular weight is 294 g/mol. The summed E-state index contributed by atoms with van der Waals surface area (Å²) in [5.74, 6) is 1.02. The number of anilines is 2. The molecule has 118 valence electrons. The molecule has 1 aliphatic carbocycles. The number of nitrogens with one attached hydrogen (secondary N) is 2. The van der Waals surface area contributed by atoms with Crippen molar-refractivity contribution in [1.29, 1.82) is 0 Å². The van der Waals surface area contributed by atoms with Crippen LogP contribution >= 0.6 is 0 Å². The Morgan fingerprint density at radius 1 is 1.33 bits per heavy atom.